The molecule has 0 bridgehead atoms. The molecule has 0 saturated heterocycles. The number of aromatic nitrogens is 1. The van der Waals surface area contributed by atoms with Crippen LogP contribution in [0.4, 0.5) is 8.78 Å². The zero-order valence-corrected chi connectivity index (χ0v) is 11.6. The number of hydrogen-bond donors (Lipinski definition) is 1. The highest BCUT2D eigenvalue weighted by Crippen LogP contribution is 2.31. The van der Waals surface area contributed by atoms with E-state index in [1.165, 1.54) is 6.07 Å². The molecule has 20 heavy (non-hydrogen) atoms. The van der Waals surface area contributed by atoms with Gasteiger partial charge < -0.3 is 5.32 Å². The van der Waals surface area contributed by atoms with Crippen molar-refractivity contribution >= 4 is 0 Å². The summed E-state index contributed by atoms with van der Waals surface area (Å²) in [4.78, 5) is 4.30. The third-order valence-electron chi connectivity index (χ3n) is 3.39. The number of pyridine rings is 1. The minimum absolute atomic E-state index is 0.0625. The summed E-state index contributed by atoms with van der Waals surface area (Å²) < 4.78 is 27.4. The molecule has 1 aromatic carbocycles. The molecule has 1 aromatic heterocycles. The molecule has 2 nitrogen and oxygen atoms in total. The third kappa shape index (κ3) is 3.02. The van der Waals surface area contributed by atoms with Crippen LogP contribution in [0.25, 0.3) is 0 Å². The van der Waals surface area contributed by atoms with Crippen LogP contribution >= 0.6 is 0 Å². The van der Waals surface area contributed by atoms with Crippen LogP contribution in [0, 0.1) is 11.6 Å². The maximum absolute atomic E-state index is 14.0. The number of halogens is 2. The number of likely N-dealkylation sites (N-methyl/N-ethyl adjacent to an activating group) is 1. The fraction of sp³-hybridized carbons (Fsp3) is 0.312. The van der Waals surface area contributed by atoms with E-state index >= 15 is 0 Å². The van der Waals surface area contributed by atoms with Crippen molar-refractivity contribution in [3.05, 3.63) is 65.5 Å². The molecule has 0 radical (unpaired) electrons. The van der Waals surface area contributed by atoms with E-state index in [4.69, 9.17) is 0 Å². The summed E-state index contributed by atoms with van der Waals surface area (Å²) in [7, 11) is 0. The van der Waals surface area contributed by atoms with Gasteiger partial charge in [-0.15, -0.1) is 0 Å². The molecule has 0 fully saturated rings. The third-order valence-corrected chi connectivity index (χ3v) is 3.39. The molecular formula is C16H18F2N2. The zero-order chi connectivity index (χ0) is 14.5. The molecular weight excluding hydrogens is 258 g/mol. The van der Waals surface area contributed by atoms with E-state index in [0.717, 1.165) is 11.8 Å². The summed E-state index contributed by atoms with van der Waals surface area (Å²) in [5.41, 5.74) is 1.19. The average Bonchev–Trinajstić information content (AvgIpc) is 2.48. The minimum Gasteiger partial charge on any atom is -0.310 e. The summed E-state index contributed by atoms with van der Waals surface area (Å²) in [6.07, 6.45) is 1.71. The van der Waals surface area contributed by atoms with Crippen molar-refractivity contribution in [3.8, 4) is 0 Å². The summed E-state index contributed by atoms with van der Waals surface area (Å²) in [5.74, 6) is -1.67. The first kappa shape index (κ1) is 14.6. The predicted octanol–water partition coefficient (Wildman–Crippen LogP) is 3.81. The van der Waals surface area contributed by atoms with E-state index in [2.05, 4.69) is 10.3 Å². The molecule has 4 heteroatoms. The van der Waals surface area contributed by atoms with Crippen molar-refractivity contribution in [2.75, 3.05) is 6.54 Å². The molecule has 0 amide bonds. The minimum atomic E-state index is -0.821. The average molecular weight is 276 g/mol. The van der Waals surface area contributed by atoms with Gasteiger partial charge in [0.2, 0.25) is 0 Å². The Morgan fingerprint density at radius 2 is 1.95 bits per heavy atom. The number of nitrogens with one attached hydrogen (secondary N) is 1. The highest BCUT2D eigenvalue weighted by Gasteiger charge is 2.24. The maximum Gasteiger partial charge on any atom is 0.163 e. The van der Waals surface area contributed by atoms with Crippen molar-refractivity contribution in [3.63, 3.8) is 0 Å². The lowest BCUT2D eigenvalue weighted by Crippen LogP contribution is -2.27. The number of rotatable bonds is 5. The lowest BCUT2D eigenvalue weighted by atomic mass is 9.91. The molecule has 2 unspecified atom stereocenters. The largest absolute Gasteiger partial charge is 0.310 e. The molecule has 0 aliphatic rings. The van der Waals surface area contributed by atoms with Crippen LogP contribution in [-0.4, -0.2) is 11.5 Å². The lowest BCUT2D eigenvalue weighted by molar-refractivity contribution is 0.430. The highest BCUT2D eigenvalue weighted by molar-refractivity contribution is 5.26. The fourth-order valence-corrected chi connectivity index (χ4v) is 2.35. The monoisotopic (exact) mass is 276 g/mol. The second-order valence-corrected chi connectivity index (χ2v) is 4.72. The van der Waals surface area contributed by atoms with E-state index in [1.807, 2.05) is 32.0 Å². The first-order chi connectivity index (χ1) is 9.65. The zero-order valence-electron chi connectivity index (χ0n) is 11.6. The van der Waals surface area contributed by atoms with Crippen LogP contribution in [0.3, 0.4) is 0 Å². The van der Waals surface area contributed by atoms with Crippen molar-refractivity contribution < 1.29 is 8.78 Å². The maximum atomic E-state index is 14.0. The van der Waals surface area contributed by atoms with E-state index in [0.29, 0.717) is 12.1 Å². The molecule has 106 valence electrons. The van der Waals surface area contributed by atoms with Crippen molar-refractivity contribution in [1.82, 2.24) is 10.3 Å². The van der Waals surface area contributed by atoms with Gasteiger partial charge in [0.25, 0.3) is 0 Å². The van der Waals surface area contributed by atoms with E-state index in [-0.39, 0.29) is 12.0 Å². The van der Waals surface area contributed by atoms with E-state index < -0.39 is 11.6 Å². The predicted molar refractivity (Wildman–Crippen MR) is 75.4 cm³/mol. The lowest BCUT2D eigenvalue weighted by Gasteiger charge is -2.25. The number of benzene rings is 1. The molecule has 2 atom stereocenters. The van der Waals surface area contributed by atoms with Gasteiger partial charge in [-0.3, -0.25) is 4.98 Å². The number of hydrogen-bond acceptors (Lipinski definition) is 2. The van der Waals surface area contributed by atoms with Gasteiger partial charge in [-0.1, -0.05) is 32.0 Å². The highest BCUT2D eigenvalue weighted by atomic mass is 19.2. The topological polar surface area (TPSA) is 24.9 Å². The Hall–Kier alpha value is -1.81. The van der Waals surface area contributed by atoms with Gasteiger partial charge in [-0.05, 0) is 24.7 Å². The summed E-state index contributed by atoms with van der Waals surface area (Å²) in [6.45, 7) is 4.56. The second-order valence-electron chi connectivity index (χ2n) is 4.72. The standard InChI is InChI=1S/C16H18F2N2/c1-3-19-16(11(2)14-9-4-5-10-20-14)12-7-6-8-13(17)15(12)18/h4-11,16,19H,3H2,1-2H3. The van der Waals surface area contributed by atoms with Gasteiger partial charge in [-0.25, -0.2) is 8.78 Å². The Morgan fingerprint density at radius 1 is 1.15 bits per heavy atom. The van der Waals surface area contributed by atoms with Crippen molar-refractivity contribution in [1.29, 1.82) is 0 Å². The van der Waals surface area contributed by atoms with Crippen molar-refractivity contribution in [2.45, 2.75) is 25.8 Å². The van der Waals surface area contributed by atoms with Gasteiger partial charge in [-0.2, -0.15) is 0 Å². The van der Waals surface area contributed by atoms with E-state index in [1.54, 1.807) is 12.3 Å². The number of nitrogens with zero attached hydrogens (tertiary/aromatic N) is 1. The van der Waals surface area contributed by atoms with Crippen LogP contribution in [0.1, 0.15) is 37.1 Å². The van der Waals surface area contributed by atoms with Crippen molar-refractivity contribution in [2.24, 2.45) is 0 Å². The summed E-state index contributed by atoms with van der Waals surface area (Å²) in [5, 5.41) is 3.22. The van der Waals surface area contributed by atoms with Crippen LogP contribution in [-0.2, 0) is 0 Å². The molecule has 1 heterocycles. The summed E-state index contributed by atoms with van der Waals surface area (Å²) in [6, 6.07) is 9.59. The smallest absolute Gasteiger partial charge is 0.163 e. The Bertz CT molecular complexity index is 558. The Labute approximate surface area is 117 Å². The van der Waals surface area contributed by atoms with Gasteiger partial charge in [0, 0.05) is 29.4 Å². The quantitative estimate of drug-likeness (QED) is 0.898. The molecule has 2 rings (SSSR count). The first-order valence-corrected chi connectivity index (χ1v) is 6.73. The Kier molecular flexibility index (Phi) is 4.79. The van der Waals surface area contributed by atoms with Crippen LogP contribution in [0.5, 0.6) is 0 Å². The molecule has 0 aliphatic heterocycles. The van der Waals surface area contributed by atoms with Gasteiger partial charge in [0.05, 0.1) is 0 Å². The normalized spacial score (nSPS) is 14.0. The molecule has 0 spiro atoms. The van der Waals surface area contributed by atoms with Crippen LogP contribution in [0.2, 0.25) is 0 Å². The SMILES string of the molecule is CCNC(c1cccc(F)c1F)C(C)c1ccccn1. The molecule has 0 saturated carbocycles. The molecule has 2 aromatic rings. The first-order valence-electron chi connectivity index (χ1n) is 6.73. The van der Waals surface area contributed by atoms with Gasteiger partial charge in [0.1, 0.15) is 0 Å². The van der Waals surface area contributed by atoms with Gasteiger partial charge in [0.15, 0.2) is 11.6 Å². The van der Waals surface area contributed by atoms with Crippen LogP contribution in [0.15, 0.2) is 42.6 Å². The van der Waals surface area contributed by atoms with Crippen LogP contribution < -0.4 is 5.32 Å². The second kappa shape index (κ2) is 6.57. The Morgan fingerprint density at radius 3 is 2.60 bits per heavy atom. The molecule has 0 aliphatic carbocycles. The summed E-state index contributed by atoms with van der Waals surface area (Å²) >= 11 is 0. The Balaban J connectivity index is 2.38. The van der Waals surface area contributed by atoms with E-state index in [9.17, 15) is 8.78 Å². The van der Waals surface area contributed by atoms with Gasteiger partial charge >= 0.3 is 0 Å². The fourth-order valence-electron chi connectivity index (χ4n) is 2.35. The molecule has 1 N–H and O–H groups in total.